The molecular formula is C16H16N6O3S. The molecule has 2 atom stereocenters. The van der Waals surface area contributed by atoms with Crippen molar-refractivity contribution in [3.63, 3.8) is 0 Å². The number of nitrogens with one attached hydrogen (secondary N) is 1. The lowest BCUT2D eigenvalue weighted by atomic mass is 10.2. The Kier molecular flexibility index (Phi) is 4.43. The number of benzene rings is 1. The number of amides is 1. The smallest absolute Gasteiger partial charge is 0.278 e. The van der Waals surface area contributed by atoms with Crippen LogP contribution >= 0.6 is 11.3 Å². The van der Waals surface area contributed by atoms with Crippen LogP contribution < -0.4 is 10.9 Å². The van der Waals surface area contributed by atoms with E-state index in [9.17, 15) is 9.59 Å². The number of anilines is 1. The molecule has 1 N–H and O–H groups in total. The Morgan fingerprint density at radius 2 is 2.19 bits per heavy atom. The van der Waals surface area contributed by atoms with Gasteiger partial charge in [0.2, 0.25) is 5.13 Å². The molecule has 1 aliphatic heterocycles. The number of ether oxygens (including phenoxy) is 1. The molecule has 0 saturated carbocycles. The number of nitrogens with zero attached hydrogens (tertiary/aromatic N) is 5. The lowest BCUT2D eigenvalue weighted by Gasteiger charge is -2.12. The molecule has 1 saturated heterocycles. The number of carbonyl (C=O) groups is 1. The second-order valence-electron chi connectivity index (χ2n) is 5.97. The third kappa shape index (κ3) is 3.08. The summed E-state index contributed by atoms with van der Waals surface area (Å²) < 4.78 is 6.63. The van der Waals surface area contributed by atoms with Crippen molar-refractivity contribution >= 4 is 33.3 Å². The summed E-state index contributed by atoms with van der Waals surface area (Å²) in [7, 11) is 0. The van der Waals surface area contributed by atoms with Crippen molar-refractivity contribution in [2.45, 2.75) is 31.9 Å². The van der Waals surface area contributed by atoms with Crippen molar-refractivity contribution < 1.29 is 9.53 Å². The van der Waals surface area contributed by atoms with Crippen LogP contribution in [0, 0.1) is 0 Å². The van der Waals surface area contributed by atoms with Gasteiger partial charge in [-0.1, -0.05) is 28.7 Å². The molecule has 1 aromatic carbocycles. The molecule has 1 aliphatic rings. The predicted octanol–water partition coefficient (Wildman–Crippen LogP) is 1.69. The summed E-state index contributed by atoms with van der Waals surface area (Å²) >= 11 is 1.28. The van der Waals surface area contributed by atoms with Gasteiger partial charge in [-0.3, -0.25) is 14.9 Å². The van der Waals surface area contributed by atoms with Crippen LogP contribution in [-0.2, 0) is 9.53 Å². The van der Waals surface area contributed by atoms with Crippen LogP contribution in [0.2, 0.25) is 0 Å². The van der Waals surface area contributed by atoms with Gasteiger partial charge in [-0.2, -0.15) is 4.68 Å². The first-order valence-electron chi connectivity index (χ1n) is 8.23. The van der Waals surface area contributed by atoms with Crippen molar-refractivity contribution in [1.82, 2.24) is 25.2 Å². The average molecular weight is 372 g/mol. The van der Waals surface area contributed by atoms with E-state index in [1.165, 1.54) is 11.3 Å². The highest BCUT2D eigenvalue weighted by Gasteiger charge is 2.24. The second-order valence-corrected chi connectivity index (χ2v) is 6.98. The van der Waals surface area contributed by atoms with Crippen LogP contribution in [0.3, 0.4) is 0 Å². The molecule has 0 aliphatic carbocycles. The van der Waals surface area contributed by atoms with Gasteiger partial charge in [0, 0.05) is 6.61 Å². The summed E-state index contributed by atoms with van der Waals surface area (Å²) in [4.78, 5) is 25.0. The maximum Gasteiger partial charge on any atom is 0.278 e. The summed E-state index contributed by atoms with van der Waals surface area (Å²) in [6.07, 6.45) is 1.85. The van der Waals surface area contributed by atoms with E-state index in [4.69, 9.17) is 4.74 Å². The highest BCUT2D eigenvalue weighted by atomic mass is 32.1. The lowest BCUT2D eigenvalue weighted by molar-refractivity contribution is -0.119. The van der Waals surface area contributed by atoms with Crippen LogP contribution in [0.15, 0.2) is 29.1 Å². The van der Waals surface area contributed by atoms with Gasteiger partial charge in [-0.25, -0.2) is 0 Å². The van der Waals surface area contributed by atoms with E-state index in [0.717, 1.165) is 22.5 Å². The van der Waals surface area contributed by atoms with E-state index in [0.29, 0.717) is 22.6 Å². The molecule has 4 rings (SSSR count). The average Bonchev–Trinajstić information content (AvgIpc) is 3.33. The fraction of sp³-hybridized carbons (Fsp3) is 0.375. The summed E-state index contributed by atoms with van der Waals surface area (Å²) in [6.45, 7) is 2.30. The van der Waals surface area contributed by atoms with Crippen LogP contribution in [0.1, 0.15) is 36.9 Å². The van der Waals surface area contributed by atoms with Crippen molar-refractivity contribution in [2.24, 2.45) is 0 Å². The Bertz CT molecular complexity index is 1010. The zero-order chi connectivity index (χ0) is 18.1. The molecule has 9 nitrogen and oxygen atoms in total. The minimum Gasteiger partial charge on any atom is -0.371 e. The molecule has 1 amide bonds. The topological polar surface area (TPSA) is 112 Å². The zero-order valence-corrected chi connectivity index (χ0v) is 14.8. The van der Waals surface area contributed by atoms with E-state index >= 15 is 0 Å². The van der Waals surface area contributed by atoms with E-state index < -0.39 is 11.9 Å². The Balaban J connectivity index is 1.53. The molecule has 26 heavy (non-hydrogen) atoms. The third-order valence-electron chi connectivity index (χ3n) is 4.21. The van der Waals surface area contributed by atoms with E-state index in [1.54, 1.807) is 31.2 Å². The van der Waals surface area contributed by atoms with Crippen molar-refractivity contribution in [2.75, 3.05) is 11.9 Å². The Morgan fingerprint density at radius 3 is 3.00 bits per heavy atom. The first kappa shape index (κ1) is 16.7. The minimum absolute atomic E-state index is 0.0513. The fourth-order valence-corrected chi connectivity index (χ4v) is 3.59. The normalized spacial score (nSPS) is 18.1. The molecule has 0 radical (unpaired) electrons. The summed E-state index contributed by atoms with van der Waals surface area (Å²) in [5.41, 5.74) is 0.127. The van der Waals surface area contributed by atoms with Gasteiger partial charge in [0.15, 0.2) is 0 Å². The second kappa shape index (κ2) is 6.89. The Morgan fingerprint density at radius 1 is 1.35 bits per heavy atom. The number of fused-ring (bicyclic) bond motifs is 1. The fourth-order valence-electron chi connectivity index (χ4n) is 2.76. The first-order chi connectivity index (χ1) is 12.6. The quantitative estimate of drug-likeness (QED) is 0.741. The molecule has 134 valence electrons. The number of hydrogen-bond acceptors (Lipinski definition) is 8. The molecule has 10 heteroatoms. The van der Waals surface area contributed by atoms with E-state index in [2.05, 4.69) is 25.8 Å². The monoisotopic (exact) mass is 372 g/mol. The first-order valence-corrected chi connectivity index (χ1v) is 9.05. The molecule has 0 bridgehead atoms. The van der Waals surface area contributed by atoms with Gasteiger partial charge < -0.3 is 4.74 Å². The van der Waals surface area contributed by atoms with Gasteiger partial charge in [-0.15, -0.1) is 15.3 Å². The number of hydrogen-bond donors (Lipinski definition) is 1. The highest BCUT2D eigenvalue weighted by Crippen LogP contribution is 2.32. The number of carbonyl (C=O) groups excluding carboxylic acids is 1. The van der Waals surface area contributed by atoms with Crippen LogP contribution in [0.4, 0.5) is 5.13 Å². The number of aromatic nitrogens is 5. The van der Waals surface area contributed by atoms with Crippen LogP contribution in [0.5, 0.6) is 0 Å². The summed E-state index contributed by atoms with van der Waals surface area (Å²) in [5.74, 6) is -0.410. The Labute approximate surface area is 152 Å². The molecular weight excluding hydrogens is 356 g/mol. The van der Waals surface area contributed by atoms with E-state index in [-0.39, 0.29) is 11.7 Å². The van der Waals surface area contributed by atoms with Gasteiger partial charge in [0.1, 0.15) is 22.7 Å². The van der Waals surface area contributed by atoms with Gasteiger partial charge in [0.25, 0.3) is 11.5 Å². The summed E-state index contributed by atoms with van der Waals surface area (Å²) in [5, 5.41) is 20.1. The Hall–Kier alpha value is -2.72. The van der Waals surface area contributed by atoms with Gasteiger partial charge in [-0.05, 0) is 31.9 Å². The maximum absolute atomic E-state index is 12.5. The standard InChI is InChI=1S/C16H16N6O3S/c1-9(22-15(24)10-5-2-3-6-11(10)18-21-22)13(23)17-16-20-19-14(26-16)12-7-4-8-25-12/h2-3,5-6,9,12H,4,7-8H2,1H3,(H,17,20,23)/t9-,12-/m1/s1. The predicted molar refractivity (Wildman–Crippen MR) is 95.0 cm³/mol. The number of rotatable bonds is 4. The SMILES string of the molecule is C[C@H](C(=O)Nc1nnc([C@H]2CCCO2)s1)n1nnc2ccccc2c1=O. The minimum atomic E-state index is -0.838. The van der Waals surface area contributed by atoms with E-state index in [1.807, 2.05) is 0 Å². The molecule has 0 spiro atoms. The third-order valence-corrected chi connectivity index (χ3v) is 5.14. The van der Waals surface area contributed by atoms with Gasteiger partial charge in [0.05, 0.1) is 5.39 Å². The zero-order valence-electron chi connectivity index (χ0n) is 14.0. The maximum atomic E-state index is 12.5. The van der Waals surface area contributed by atoms with Crippen LogP contribution in [0.25, 0.3) is 10.9 Å². The van der Waals surface area contributed by atoms with Crippen molar-refractivity contribution in [1.29, 1.82) is 0 Å². The molecule has 0 unspecified atom stereocenters. The molecule has 3 aromatic rings. The molecule has 2 aromatic heterocycles. The highest BCUT2D eigenvalue weighted by molar-refractivity contribution is 7.15. The summed E-state index contributed by atoms with van der Waals surface area (Å²) in [6, 6.07) is 6.04. The molecule has 1 fully saturated rings. The largest absolute Gasteiger partial charge is 0.371 e. The lowest BCUT2D eigenvalue weighted by Crippen LogP contribution is -2.34. The van der Waals surface area contributed by atoms with Gasteiger partial charge >= 0.3 is 0 Å². The van der Waals surface area contributed by atoms with Crippen molar-refractivity contribution in [3.8, 4) is 0 Å². The van der Waals surface area contributed by atoms with Crippen LogP contribution in [-0.4, -0.2) is 37.7 Å². The molecule has 3 heterocycles. The van der Waals surface area contributed by atoms with Crippen molar-refractivity contribution in [3.05, 3.63) is 39.6 Å².